The lowest BCUT2D eigenvalue weighted by molar-refractivity contribution is 0.750. The highest BCUT2D eigenvalue weighted by molar-refractivity contribution is 7.99. The molecule has 1 fully saturated rings. The molecule has 4 heteroatoms. The molecule has 2 rings (SSSR count). The second-order valence-corrected chi connectivity index (χ2v) is 6.06. The first kappa shape index (κ1) is 12.7. The Morgan fingerprint density at radius 2 is 2.24 bits per heavy atom. The molecule has 0 aromatic carbocycles. The maximum Gasteiger partial charge on any atom is 0.129 e. The molecule has 0 spiro atoms. The molecule has 1 aromatic heterocycles. The van der Waals surface area contributed by atoms with Gasteiger partial charge in [-0.1, -0.05) is 13.8 Å². The van der Waals surface area contributed by atoms with Crippen LogP contribution in [0.1, 0.15) is 38.8 Å². The van der Waals surface area contributed by atoms with Crippen molar-refractivity contribution in [3.8, 4) is 0 Å². The molecule has 1 saturated carbocycles. The van der Waals surface area contributed by atoms with Crippen LogP contribution in [0.4, 0.5) is 5.82 Å². The molecule has 1 aliphatic rings. The van der Waals surface area contributed by atoms with Gasteiger partial charge in [0.1, 0.15) is 12.1 Å². The van der Waals surface area contributed by atoms with Gasteiger partial charge in [-0.05, 0) is 31.4 Å². The lowest BCUT2D eigenvalue weighted by Gasteiger charge is -2.13. The number of aryl methyl sites for hydroxylation is 1. The van der Waals surface area contributed by atoms with Crippen LogP contribution < -0.4 is 5.32 Å². The minimum atomic E-state index is 0.596. The average Bonchev–Trinajstić information content (AvgIpc) is 2.77. The van der Waals surface area contributed by atoms with Crippen LogP contribution in [-0.4, -0.2) is 27.0 Å². The average molecular weight is 251 g/mol. The number of hydrogen-bond donors (Lipinski definition) is 1. The summed E-state index contributed by atoms with van der Waals surface area (Å²) in [6, 6.07) is 2.67. The Hall–Kier alpha value is -0.770. The molecule has 1 heterocycles. The van der Waals surface area contributed by atoms with E-state index < -0.39 is 0 Å². The first-order chi connectivity index (χ1) is 8.31. The highest BCUT2D eigenvalue weighted by Gasteiger charge is 2.24. The Balaban J connectivity index is 1.88. The molecule has 1 aliphatic carbocycles. The fraction of sp³-hybridized carbons (Fsp3) is 0.692. The Morgan fingerprint density at radius 1 is 1.35 bits per heavy atom. The molecule has 1 aromatic rings. The van der Waals surface area contributed by atoms with Gasteiger partial charge >= 0.3 is 0 Å². The fourth-order valence-corrected chi connectivity index (χ4v) is 3.48. The molecule has 1 N–H and O–H groups in total. The van der Waals surface area contributed by atoms with E-state index in [4.69, 9.17) is 0 Å². The van der Waals surface area contributed by atoms with E-state index in [2.05, 4.69) is 47.0 Å². The minimum absolute atomic E-state index is 0.596. The van der Waals surface area contributed by atoms with Gasteiger partial charge in [-0.25, -0.2) is 9.97 Å². The fourth-order valence-electron chi connectivity index (χ4n) is 2.34. The number of hydrogen-bond acceptors (Lipinski definition) is 4. The molecule has 2 atom stereocenters. The van der Waals surface area contributed by atoms with Gasteiger partial charge in [0.05, 0.1) is 0 Å². The smallest absolute Gasteiger partial charge is 0.129 e. The van der Waals surface area contributed by atoms with Gasteiger partial charge in [0.15, 0.2) is 0 Å². The van der Waals surface area contributed by atoms with Crippen LogP contribution >= 0.6 is 11.8 Å². The van der Waals surface area contributed by atoms with E-state index in [1.807, 2.05) is 0 Å². The van der Waals surface area contributed by atoms with Crippen molar-refractivity contribution in [1.82, 2.24) is 9.97 Å². The van der Waals surface area contributed by atoms with Crippen LogP contribution in [0, 0.1) is 0 Å². The highest BCUT2D eigenvalue weighted by Crippen LogP contribution is 2.31. The number of nitrogens with zero attached hydrogens (tertiary/aromatic N) is 2. The van der Waals surface area contributed by atoms with E-state index in [1.54, 1.807) is 6.33 Å². The second kappa shape index (κ2) is 6.24. The van der Waals surface area contributed by atoms with Crippen molar-refractivity contribution < 1.29 is 0 Å². The molecule has 0 saturated heterocycles. The summed E-state index contributed by atoms with van der Waals surface area (Å²) in [5, 5.41) is 4.38. The number of thioether (sulfide) groups is 1. The summed E-state index contributed by atoms with van der Waals surface area (Å²) in [4.78, 5) is 8.51. The number of aromatic nitrogens is 2. The summed E-state index contributed by atoms with van der Waals surface area (Å²) in [6.07, 6.45) is 6.50. The first-order valence-corrected chi connectivity index (χ1v) is 7.55. The van der Waals surface area contributed by atoms with Gasteiger partial charge < -0.3 is 5.32 Å². The summed E-state index contributed by atoms with van der Waals surface area (Å²) in [5.74, 6) is 2.22. The van der Waals surface area contributed by atoms with Gasteiger partial charge in [-0.15, -0.1) is 0 Å². The zero-order valence-electron chi connectivity index (χ0n) is 10.6. The van der Waals surface area contributed by atoms with Crippen LogP contribution in [0.3, 0.4) is 0 Å². The highest BCUT2D eigenvalue weighted by atomic mass is 32.2. The molecule has 0 bridgehead atoms. The maximum atomic E-state index is 4.29. The molecular weight excluding hydrogens is 230 g/mol. The van der Waals surface area contributed by atoms with E-state index in [1.165, 1.54) is 25.0 Å². The third-order valence-electron chi connectivity index (χ3n) is 3.22. The largest absolute Gasteiger partial charge is 0.367 e. The normalized spacial score (nSPS) is 23.9. The molecule has 94 valence electrons. The monoisotopic (exact) mass is 251 g/mol. The van der Waals surface area contributed by atoms with E-state index >= 15 is 0 Å². The predicted molar refractivity (Wildman–Crippen MR) is 74.6 cm³/mol. The number of anilines is 1. The molecule has 0 amide bonds. The quantitative estimate of drug-likeness (QED) is 0.872. The van der Waals surface area contributed by atoms with Crippen LogP contribution in [0.5, 0.6) is 0 Å². The Labute approximate surface area is 108 Å². The lowest BCUT2D eigenvalue weighted by Crippen LogP contribution is -2.17. The van der Waals surface area contributed by atoms with Crippen molar-refractivity contribution >= 4 is 17.6 Å². The van der Waals surface area contributed by atoms with Crippen molar-refractivity contribution in [2.75, 3.05) is 11.1 Å². The zero-order valence-corrected chi connectivity index (χ0v) is 11.5. The van der Waals surface area contributed by atoms with Gasteiger partial charge in [0.2, 0.25) is 0 Å². The van der Waals surface area contributed by atoms with E-state index in [0.717, 1.165) is 23.2 Å². The lowest BCUT2D eigenvalue weighted by atomic mass is 10.2. The first-order valence-electron chi connectivity index (χ1n) is 6.50. The summed E-state index contributed by atoms with van der Waals surface area (Å²) in [7, 11) is 0. The molecule has 0 aliphatic heterocycles. The van der Waals surface area contributed by atoms with Crippen molar-refractivity contribution in [1.29, 1.82) is 0 Å². The molecule has 0 radical (unpaired) electrons. The molecule has 3 nitrogen and oxygen atoms in total. The van der Waals surface area contributed by atoms with E-state index in [9.17, 15) is 0 Å². The molecular formula is C13H21N3S. The van der Waals surface area contributed by atoms with Gasteiger partial charge in [0, 0.05) is 23.1 Å². The van der Waals surface area contributed by atoms with Crippen molar-refractivity contribution in [3.63, 3.8) is 0 Å². The summed E-state index contributed by atoms with van der Waals surface area (Å²) in [6.45, 7) is 4.36. The van der Waals surface area contributed by atoms with Crippen LogP contribution in [0.2, 0.25) is 0 Å². The predicted octanol–water partition coefficient (Wildman–Crippen LogP) is 3.13. The number of nitrogens with one attached hydrogen (secondary N) is 1. The minimum Gasteiger partial charge on any atom is -0.367 e. The van der Waals surface area contributed by atoms with Crippen LogP contribution in [0.15, 0.2) is 12.4 Å². The van der Waals surface area contributed by atoms with Crippen LogP contribution in [0.25, 0.3) is 0 Å². The second-order valence-electron chi connectivity index (χ2n) is 4.48. The Bertz CT molecular complexity index is 356. The third-order valence-corrected chi connectivity index (χ3v) is 4.46. The summed E-state index contributed by atoms with van der Waals surface area (Å²) < 4.78 is 0. The van der Waals surface area contributed by atoms with Crippen LogP contribution in [-0.2, 0) is 6.42 Å². The SMILES string of the molecule is CCSC1CCC(Nc2cc(CC)ncn2)C1. The van der Waals surface area contributed by atoms with Gasteiger partial charge in [-0.2, -0.15) is 11.8 Å². The maximum absolute atomic E-state index is 4.29. The Kier molecular flexibility index (Phi) is 4.66. The molecule has 2 unspecified atom stereocenters. The van der Waals surface area contributed by atoms with Crippen molar-refractivity contribution in [2.45, 2.75) is 50.8 Å². The van der Waals surface area contributed by atoms with E-state index in [-0.39, 0.29) is 0 Å². The van der Waals surface area contributed by atoms with Crippen molar-refractivity contribution in [2.24, 2.45) is 0 Å². The topological polar surface area (TPSA) is 37.8 Å². The van der Waals surface area contributed by atoms with E-state index in [0.29, 0.717) is 6.04 Å². The van der Waals surface area contributed by atoms with Gasteiger partial charge in [-0.3, -0.25) is 0 Å². The summed E-state index contributed by atoms with van der Waals surface area (Å²) in [5.41, 5.74) is 1.11. The Morgan fingerprint density at radius 3 is 3.00 bits per heavy atom. The zero-order chi connectivity index (χ0) is 12.1. The third kappa shape index (κ3) is 3.60. The van der Waals surface area contributed by atoms with Crippen molar-refractivity contribution in [3.05, 3.63) is 18.1 Å². The standard InChI is InChI=1S/C13H21N3S/c1-3-10-8-13(15-9-14-10)16-11-5-6-12(7-11)17-4-2/h8-9,11-12H,3-7H2,1-2H3,(H,14,15,16). The molecule has 17 heavy (non-hydrogen) atoms. The summed E-state index contributed by atoms with van der Waals surface area (Å²) >= 11 is 2.09. The number of rotatable bonds is 5. The van der Waals surface area contributed by atoms with Gasteiger partial charge in [0.25, 0.3) is 0 Å².